The van der Waals surface area contributed by atoms with Gasteiger partial charge in [-0.05, 0) is 0 Å². The Morgan fingerprint density at radius 3 is 2.35 bits per heavy atom. The average Bonchev–Trinajstić information content (AvgIpc) is 2.57. The first-order valence-corrected chi connectivity index (χ1v) is 11.9. The summed E-state index contributed by atoms with van der Waals surface area (Å²) in [5, 5.41) is 0. The number of hydrogen-bond donors (Lipinski definition) is 0. The van der Waals surface area contributed by atoms with Crippen molar-refractivity contribution in [2.45, 2.75) is 45.8 Å². The summed E-state index contributed by atoms with van der Waals surface area (Å²) in [5.74, 6) is 0. The maximum absolute atomic E-state index is 4.58. The number of fused-ring (bicyclic) bond motifs is 1. The van der Waals surface area contributed by atoms with Gasteiger partial charge in [-0.15, -0.1) is 0 Å². The molecule has 0 unspecified atom stereocenters. The van der Waals surface area contributed by atoms with Gasteiger partial charge in [0.05, 0.1) is 0 Å². The van der Waals surface area contributed by atoms with Gasteiger partial charge in [0.1, 0.15) is 0 Å². The minimum absolute atomic E-state index is 0.159. The Morgan fingerprint density at radius 1 is 1.18 bits per heavy atom. The second-order valence-electron chi connectivity index (χ2n) is 6.68. The van der Waals surface area contributed by atoms with E-state index in [1.807, 2.05) is 6.20 Å². The van der Waals surface area contributed by atoms with Crippen molar-refractivity contribution in [1.82, 2.24) is 4.98 Å². The van der Waals surface area contributed by atoms with Crippen molar-refractivity contribution < 1.29 is 0 Å². The molecular weight excluding hydrogens is 338 g/mol. The average molecular weight is 359 g/mol. The van der Waals surface area contributed by atoms with Crippen LogP contribution in [0.3, 0.4) is 0 Å². The molecule has 0 spiro atoms. The van der Waals surface area contributed by atoms with Crippen LogP contribution in [-0.2, 0) is 5.41 Å². The molecule has 1 nitrogen and oxygen atoms in total. The summed E-state index contributed by atoms with van der Waals surface area (Å²) in [7, 11) is -1.13. The van der Waals surface area contributed by atoms with Crippen LogP contribution in [0, 0.1) is 0 Å². The number of pyridine rings is 1. The normalized spacial score (nSPS) is 13.3. The van der Waals surface area contributed by atoms with Gasteiger partial charge in [-0.25, -0.2) is 0 Å². The standard InChI is InChI=1S/C14H21NSiTe/c1-14(2,3)10-7-8-15-11-9-12(16(4,5)6)17-13(10)11/h7-9H,1-6H3. The summed E-state index contributed by atoms with van der Waals surface area (Å²) in [6.07, 6.45) is 1.98. The Morgan fingerprint density at radius 2 is 1.82 bits per heavy atom. The summed E-state index contributed by atoms with van der Waals surface area (Å²) in [4.78, 5) is 4.58. The van der Waals surface area contributed by atoms with Gasteiger partial charge in [-0.3, -0.25) is 0 Å². The monoisotopic (exact) mass is 361 g/mol. The maximum atomic E-state index is 4.58. The molecule has 0 aliphatic carbocycles. The number of aromatic nitrogens is 1. The molecular formula is C14H21NSiTe. The molecule has 0 saturated heterocycles. The Hall–Kier alpha value is -0.104. The molecule has 0 aliphatic rings. The Kier molecular flexibility index (Phi) is 3.31. The van der Waals surface area contributed by atoms with Crippen LogP contribution in [0.5, 0.6) is 0 Å². The first kappa shape index (κ1) is 13.3. The molecule has 2 heterocycles. The predicted molar refractivity (Wildman–Crippen MR) is 80.4 cm³/mol. The SMILES string of the molecule is CC(C)(C)c1ccnc2cc([Si](C)(C)C)[te]c12. The molecule has 0 amide bonds. The fourth-order valence-electron chi connectivity index (χ4n) is 1.90. The van der Waals surface area contributed by atoms with Gasteiger partial charge < -0.3 is 0 Å². The zero-order chi connectivity index (χ0) is 12.8. The summed E-state index contributed by atoms with van der Waals surface area (Å²) in [6.45, 7) is 14.3. The molecule has 2 aromatic rings. The van der Waals surface area contributed by atoms with Gasteiger partial charge in [0, 0.05) is 0 Å². The van der Waals surface area contributed by atoms with Gasteiger partial charge in [-0.2, -0.15) is 0 Å². The van der Waals surface area contributed by atoms with E-state index < -0.39 is 8.07 Å². The third-order valence-electron chi connectivity index (χ3n) is 2.96. The van der Waals surface area contributed by atoms with E-state index in [9.17, 15) is 0 Å². The third-order valence-corrected chi connectivity index (χ3v) is 13.3. The summed E-state index contributed by atoms with van der Waals surface area (Å²) in [5.41, 5.74) is 3.05. The summed E-state index contributed by atoms with van der Waals surface area (Å²) >= 11 is -0.159. The molecule has 0 aromatic carbocycles. The molecule has 0 atom stereocenters. The van der Waals surface area contributed by atoms with Crippen molar-refractivity contribution >= 4 is 40.6 Å². The molecule has 0 aliphatic heterocycles. The fourth-order valence-corrected chi connectivity index (χ4v) is 9.19. The van der Waals surface area contributed by atoms with E-state index in [1.54, 1.807) is 6.60 Å². The van der Waals surface area contributed by atoms with Gasteiger partial charge in [0.15, 0.2) is 0 Å². The molecule has 2 rings (SSSR count). The van der Waals surface area contributed by atoms with Crippen LogP contribution < -0.4 is 3.20 Å². The molecule has 0 bridgehead atoms. The molecule has 3 heteroatoms. The van der Waals surface area contributed by atoms with E-state index in [1.165, 1.54) is 11.1 Å². The van der Waals surface area contributed by atoms with Crippen molar-refractivity contribution in [3.05, 3.63) is 23.9 Å². The number of rotatable bonds is 1. The van der Waals surface area contributed by atoms with Crippen LogP contribution in [-0.4, -0.2) is 33.5 Å². The van der Waals surface area contributed by atoms with E-state index in [0.717, 1.165) is 0 Å². The Labute approximate surface area is 115 Å². The van der Waals surface area contributed by atoms with Gasteiger partial charge in [-0.1, -0.05) is 0 Å². The molecule has 0 radical (unpaired) electrons. The van der Waals surface area contributed by atoms with Crippen molar-refractivity contribution in [2.75, 3.05) is 0 Å². The van der Waals surface area contributed by atoms with Crippen LogP contribution in [0.15, 0.2) is 18.3 Å². The topological polar surface area (TPSA) is 12.9 Å². The van der Waals surface area contributed by atoms with Crippen LogP contribution in [0.1, 0.15) is 26.3 Å². The predicted octanol–water partition coefficient (Wildman–Crippen LogP) is 3.13. The zero-order valence-electron chi connectivity index (χ0n) is 11.6. The van der Waals surface area contributed by atoms with Crippen LogP contribution in [0.4, 0.5) is 0 Å². The molecule has 92 valence electrons. The number of nitrogens with zero attached hydrogens (tertiary/aromatic N) is 1. The van der Waals surface area contributed by atoms with Crippen LogP contribution in [0.2, 0.25) is 19.6 Å². The first-order valence-electron chi connectivity index (χ1n) is 6.09. The summed E-state index contributed by atoms with van der Waals surface area (Å²) < 4.78 is 3.37. The quantitative estimate of drug-likeness (QED) is 0.714. The molecule has 2 aromatic heterocycles. The Bertz CT molecular complexity index is 543. The third kappa shape index (κ3) is 2.67. The van der Waals surface area contributed by atoms with Crippen molar-refractivity contribution in [3.63, 3.8) is 0 Å². The molecule has 0 fully saturated rings. The van der Waals surface area contributed by atoms with Gasteiger partial charge >= 0.3 is 115 Å². The van der Waals surface area contributed by atoms with Gasteiger partial charge in [0.25, 0.3) is 0 Å². The van der Waals surface area contributed by atoms with Gasteiger partial charge in [0.2, 0.25) is 0 Å². The minimum atomic E-state index is -1.13. The number of hydrogen-bond acceptors (Lipinski definition) is 1. The first-order chi connectivity index (χ1) is 7.69. The van der Waals surface area contributed by atoms with E-state index in [4.69, 9.17) is 0 Å². The molecule has 0 N–H and O–H groups in total. The van der Waals surface area contributed by atoms with Crippen molar-refractivity contribution in [2.24, 2.45) is 0 Å². The fraction of sp³-hybridized carbons (Fsp3) is 0.500. The van der Waals surface area contributed by atoms with E-state index in [-0.39, 0.29) is 25.8 Å². The van der Waals surface area contributed by atoms with Crippen molar-refractivity contribution in [1.29, 1.82) is 0 Å². The molecule has 17 heavy (non-hydrogen) atoms. The van der Waals surface area contributed by atoms with Crippen molar-refractivity contribution in [3.8, 4) is 0 Å². The van der Waals surface area contributed by atoms with E-state index in [2.05, 4.69) is 57.5 Å². The molecule has 0 saturated carbocycles. The van der Waals surface area contributed by atoms with E-state index in [0.29, 0.717) is 0 Å². The Balaban J connectivity index is 2.70. The van der Waals surface area contributed by atoms with Crippen LogP contribution >= 0.6 is 0 Å². The van der Waals surface area contributed by atoms with Crippen LogP contribution in [0.25, 0.3) is 8.92 Å². The second-order valence-corrected chi connectivity index (χ2v) is 15.8. The second kappa shape index (κ2) is 4.22. The zero-order valence-corrected chi connectivity index (χ0v) is 14.9. The van der Waals surface area contributed by atoms with E-state index >= 15 is 0 Å². The summed E-state index contributed by atoms with van der Waals surface area (Å²) in [6, 6.07) is 4.63.